The third-order valence-electron chi connectivity index (χ3n) is 4.34. The number of rotatable bonds is 5. The molecule has 0 spiro atoms. The number of aliphatic hydroxyl groups is 1. The van der Waals surface area contributed by atoms with Crippen LogP contribution in [-0.2, 0) is 4.79 Å². The summed E-state index contributed by atoms with van der Waals surface area (Å²) in [5.74, 6) is -0.350. The monoisotopic (exact) mass is 300 g/mol. The van der Waals surface area contributed by atoms with E-state index in [1.54, 1.807) is 0 Å². The average Bonchev–Trinajstić information content (AvgIpc) is 2.35. The minimum Gasteiger partial charge on any atom is -0.481 e. The van der Waals surface area contributed by atoms with E-state index in [9.17, 15) is 14.7 Å². The van der Waals surface area contributed by atoms with Gasteiger partial charge in [-0.25, -0.2) is 4.79 Å². The molecule has 4 N–H and O–H groups in total. The summed E-state index contributed by atoms with van der Waals surface area (Å²) >= 11 is 0. The number of carbonyl (C=O) groups is 2. The van der Waals surface area contributed by atoms with Crippen LogP contribution >= 0.6 is 0 Å². The third kappa shape index (κ3) is 6.33. The van der Waals surface area contributed by atoms with Crippen molar-refractivity contribution >= 4 is 12.0 Å². The zero-order valence-corrected chi connectivity index (χ0v) is 13.2. The molecule has 122 valence electrons. The number of carbonyl (C=O) groups excluding carboxylic acids is 1. The number of urea groups is 1. The van der Waals surface area contributed by atoms with E-state index < -0.39 is 17.6 Å². The predicted octanol–water partition coefficient (Wildman–Crippen LogP) is 1.73. The Hall–Kier alpha value is -1.30. The number of carboxylic acids is 1. The van der Waals surface area contributed by atoms with Crippen LogP contribution in [0, 0.1) is 11.3 Å². The first-order valence-corrected chi connectivity index (χ1v) is 7.58. The summed E-state index contributed by atoms with van der Waals surface area (Å²) < 4.78 is 0. The Morgan fingerprint density at radius 1 is 1.19 bits per heavy atom. The van der Waals surface area contributed by atoms with Crippen molar-refractivity contribution in [3.8, 4) is 0 Å². The van der Waals surface area contributed by atoms with Crippen molar-refractivity contribution in [2.45, 2.75) is 58.5 Å². The van der Waals surface area contributed by atoms with Gasteiger partial charge >= 0.3 is 12.0 Å². The smallest absolute Gasteiger partial charge is 0.314 e. The van der Waals surface area contributed by atoms with Crippen molar-refractivity contribution in [3.05, 3.63) is 0 Å². The molecule has 0 unspecified atom stereocenters. The van der Waals surface area contributed by atoms with Crippen molar-refractivity contribution in [1.82, 2.24) is 10.6 Å². The second kappa shape index (κ2) is 7.11. The molecule has 0 saturated heterocycles. The normalized spacial score (nSPS) is 26.2. The van der Waals surface area contributed by atoms with E-state index in [-0.39, 0.29) is 24.9 Å². The Morgan fingerprint density at radius 3 is 2.24 bits per heavy atom. The van der Waals surface area contributed by atoms with Gasteiger partial charge in [-0.3, -0.25) is 4.79 Å². The summed E-state index contributed by atoms with van der Waals surface area (Å²) in [5.41, 5.74) is -0.588. The molecule has 1 aliphatic rings. The molecule has 1 aliphatic carbocycles. The largest absolute Gasteiger partial charge is 0.481 e. The van der Waals surface area contributed by atoms with Crippen LogP contribution in [0.1, 0.15) is 52.9 Å². The first kappa shape index (κ1) is 17.8. The molecule has 0 aromatic heterocycles. The highest BCUT2D eigenvalue weighted by Gasteiger charge is 2.37. The van der Waals surface area contributed by atoms with E-state index in [0.717, 1.165) is 12.8 Å². The second-order valence-electron chi connectivity index (χ2n) is 7.12. The molecule has 0 aromatic carbocycles. The number of nitrogens with one attached hydrogen (secondary N) is 2. The van der Waals surface area contributed by atoms with Gasteiger partial charge in [-0.1, -0.05) is 20.8 Å². The van der Waals surface area contributed by atoms with E-state index in [0.29, 0.717) is 18.8 Å². The molecule has 2 amide bonds. The molecule has 6 nitrogen and oxygen atoms in total. The van der Waals surface area contributed by atoms with E-state index in [2.05, 4.69) is 31.4 Å². The first-order chi connectivity index (χ1) is 9.62. The van der Waals surface area contributed by atoms with Crippen LogP contribution < -0.4 is 10.6 Å². The molecule has 0 atom stereocenters. The highest BCUT2D eigenvalue weighted by molar-refractivity contribution is 5.75. The highest BCUT2D eigenvalue weighted by Crippen LogP contribution is 2.41. The third-order valence-corrected chi connectivity index (χ3v) is 4.34. The molecule has 1 rings (SSSR count). The van der Waals surface area contributed by atoms with Crippen molar-refractivity contribution in [1.29, 1.82) is 0 Å². The standard InChI is InChI=1S/C15H28N2O4/c1-14(2,3)11-4-7-15(21,8-5-11)10-17-13(20)16-9-6-12(18)19/h11,21H,4-10H2,1-3H3,(H,18,19)(H2,16,17,20). The molecular formula is C15H28N2O4. The number of aliphatic carboxylic acids is 1. The summed E-state index contributed by atoms with van der Waals surface area (Å²) in [6.07, 6.45) is 3.18. The maximum Gasteiger partial charge on any atom is 0.314 e. The van der Waals surface area contributed by atoms with Crippen molar-refractivity contribution in [2.24, 2.45) is 11.3 Å². The predicted molar refractivity (Wildman–Crippen MR) is 80.0 cm³/mol. The van der Waals surface area contributed by atoms with Gasteiger partial charge in [-0.2, -0.15) is 0 Å². The van der Waals surface area contributed by atoms with E-state index in [1.165, 1.54) is 0 Å². The summed E-state index contributed by atoms with van der Waals surface area (Å²) in [7, 11) is 0. The molecule has 0 radical (unpaired) electrons. The molecule has 0 heterocycles. The first-order valence-electron chi connectivity index (χ1n) is 7.58. The quantitative estimate of drug-likeness (QED) is 0.621. The van der Waals surface area contributed by atoms with Crippen molar-refractivity contribution in [2.75, 3.05) is 13.1 Å². The Balaban J connectivity index is 2.29. The Kier molecular flexibility index (Phi) is 6.01. The number of hydrogen-bond acceptors (Lipinski definition) is 3. The van der Waals surface area contributed by atoms with Gasteiger partial charge in [0.05, 0.1) is 12.0 Å². The minimum absolute atomic E-state index is 0.0890. The molecule has 0 aromatic rings. The van der Waals surface area contributed by atoms with Gasteiger partial charge in [0.2, 0.25) is 0 Å². The van der Waals surface area contributed by atoms with Crippen LogP contribution in [0.25, 0.3) is 0 Å². The van der Waals surface area contributed by atoms with Crippen molar-refractivity contribution in [3.63, 3.8) is 0 Å². The zero-order chi connectivity index (χ0) is 16.1. The fourth-order valence-corrected chi connectivity index (χ4v) is 2.79. The van der Waals surface area contributed by atoms with E-state index in [4.69, 9.17) is 5.11 Å². The summed E-state index contributed by atoms with van der Waals surface area (Å²) in [4.78, 5) is 21.8. The van der Waals surface area contributed by atoms with Gasteiger partial charge < -0.3 is 20.8 Å². The van der Waals surface area contributed by atoms with Crippen molar-refractivity contribution < 1.29 is 19.8 Å². The molecular weight excluding hydrogens is 272 g/mol. The summed E-state index contributed by atoms with van der Waals surface area (Å²) in [6, 6.07) is -0.428. The molecule has 0 aliphatic heterocycles. The number of carboxylic acid groups (broad SMARTS) is 1. The van der Waals surface area contributed by atoms with Crippen LogP contribution in [0.5, 0.6) is 0 Å². The maximum atomic E-state index is 11.5. The van der Waals surface area contributed by atoms with Gasteiger partial charge in [0.25, 0.3) is 0 Å². The van der Waals surface area contributed by atoms with Gasteiger partial charge in [0, 0.05) is 13.1 Å². The maximum absolute atomic E-state index is 11.5. The SMILES string of the molecule is CC(C)(C)C1CCC(O)(CNC(=O)NCCC(=O)O)CC1. The van der Waals surface area contributed by atoms with Crippen LogP contribution in [0.3, 0.4) is 0 Å². The Morgan fingerprint density at radius 2 is 1.76 bits per heavy atom. The molecule has 21 heavy (non-hydrogen) atoms. The molecule has 0 bridgehead atoms. The number of hydrogen-bond donors (Lipinski definition) is 4. The lowest BCUT2D eigenvalue weighted by atomic mass is 9.68. The second-order valence-corrected chi connectivity index (χ2v) is 7.12. The fourth-order valence-electron chi connectivity index (χ4n) is 2.79. The van der Waals surface area contributed by atoms with Crippen LogP contribution in [0.2, 0.25) is 0 Å². The van der Waals surface area contributed by atoms with Crippen LogP contribution in [0.4, 0.5) is 4.79 Å². The molecule has 6 heteroatoms. The Bertz CT molecular complexity index is 368. The molecule has 1 saturated carbocycles. The Labute approximate surface area is 126 Å². The summed E-state index contributed by atoms with van der Waals surface area (Å²) in [5, 5.41) is 24.0. The lowest BCUT2D eigenvalue weighted by molar-refractivity contribution is -0.136. The number of amides is 2. The van der Waals surface area contributed by atoms with Crippen LogP contribution in [0.15, 0.2) is 0 Å². The van der Waals surface area contributed by atoms with Gasteiger partial charge in [-0.15, -0.1) is 0 Å². The minimum atomic E-state index is -0.950. The fraction of sp³-hybridized carbons (Fsp3) is 0.867. The van der Waals surface area contributed by atoms with Gasteiger partial charge in [-0.05, 0) is 37.0 Å². The average molecular weight is 300 g/mol. The molecule has 1 fully saturated rings. The topological polar surface area (TPSA) is 98.7 Å². The summed E-state index contributed by atoms with van der Waals surface area (Å²) in [6.45, 7) is 6.96. The van der Waals surface area contributed by atoms with E-state index >= 15 is 0 Å². The lowest BCUT2D eigenvalue weighted by Gasteiger charge is -2.41. The lowest BCUT2D eigenvalue weighted by Crippen LogP contribution is -2.49. The van der Waals surface area contributed by atoms with Crippen LogP contribution in [-0.4, -0.2) is 40.9 Å². The van der Waals surface area contributed by atoms with Gasteiger partial charge in [0.1, 0.15) is 0 Å². The van der Waals surface area contributed by atoms with E-state index in [1.807, 2.05) is 0 Å². The highest BCUT2D eigenvalue weighted by atomic mass is 16.4. The van der Waals surface area contributed by atoms with Gasteiger partial charge in [0.15, 0.2) is 0 Å². The zero-order valence-electron chi connectivity index (χ0n) is 13.2.